The van der Waals surface area contributed by atoms with Gasteiger partial charge in [-0.25, -0.2) is 0 Å². The molecule has 0 bridgehead atoms. The van der Waals surface area contributed by atoms with E-state index in [4.69, 9.17) is 9.47 Å². The second-order valence-electron chi connectivity index (χ2n) is 7.03. The molecule has 6 nitrogen and oxygen atoms in total. The van der Waals surface area contributed by atoms with Gasteiger partial charge in [0.1, 0.15) is 11.5 Å². The van der Waals surface area contributed by atoms with Crippen LogP contribution in [-0.2, 0) is 0 Å². The molecule has 3 rings (SSSR count). The van der Waals surface area contributed by atoms with E-state index in [1.165, 1.54) is 0 Å². The molecular formula is C24H27N3O3. The first-order valence-electron chi connectivity index (χ1n) is 9.81. The molecule has 2 atom stereocenters. The van der Waals surface area contributed by atoms with Gasteiger partial charge in [0.15, 0.2) is 0 Å². The SMILES string of the molecule is COc1ccc(C(C)NC(C)c2ccc(NC(=O)c3ccncc3)cc2)c(OC)c1. The highest BCUT2D eigenvalue weighted by atomic mass is 16.5. The molecule has 0 saturated heterocycles. The van der Waals surface area contributed by atoms with E-state index in [-0.39, 0.29) is 18.0 Å². The van der Waals surface area contributed by atoms with Gasteiger partial charge in [0.25, 0.3) is 5.91 Å². The number of nitrogens with zero attached hydrogens (tertiary/aromatic N) is 1. The molecule has 0 aliphatic rings. The molecule has 0 spiro atoms. The van der Waals surface area contributed by atoms with Gasteiger partial charge in [-0.3, -0.25) is 9.78 Å². The first-order valence-corrected chi connectivity index (χ1v) is 9.81. The molecule has 1 heterocycles. The summed E-state index contributed by atoms with van der Waals surface area (Å²) in [5.41, 5.74) is 3.51. The fourth-order valence-electron chi connectivity index (χ4n) is 3.30. The molecule has 0 radical (unpaired) electrons. The Morgan fingerprint density at radius 2 is 1.60 bits per heavy atom. The van der Waals surface area contributed by atoms with Crippen LogP contribution in [0, 0.1) is 0 Å². The monoisotopic (exact) mass is 405 g/mol. The van der Waals surface area contributed by atoms with Crippen LogP contribution in [0.2, 0.25) is 0 Å². The summed E-state index contributed by atoms with van der Waals surface area (Å²) in [7, 11) is 3.30. The summed E-state index contributed by atoms with van der Waals surface area (Å²) in [6.45, 7) is 4.21. The van der Waals surface area contributed by atoms with Crippen molar-refractivity contribution in [3.8, 4) is 11.5 Å². The molecule has 0 aliphatic carbocycles. The number of amides is 1. The van der Waals surface area contributed by atoms with E-state index in [9.17, 15) is 4.79 Å². The zero-order valence-electron chi connectivity index (χ0n) is 17.7. The fraction of sp³-hybridized carbons (Fsp3) is 0.250. The molecule has 2 N–H and O–H groups in total. The predicted molar refractivity (Wildman–Crippen MR) is 118 cm³/mol. The number of benzene rings is 2. The van der Waals surface area contributed by atoms with Crippen LogP contribution in [-0.4, -0.2) is 25.1 Å². The third-order valence-corrected chi connectivity index (χ3v) is 5.02. The molecule has 30 heavy (non-hydrogen) atoms. The lowest BCUT2D eigenvalue weighted by molar-refractivity contribution is 0.102. The van der Waals surface area contributed by atoms with Crippen molar-refractivity contribution in [1.29, 1.82) is 0 Å². The molecule has 1 amide bonds. The smallest absolute Gasteiger partial charge is 0.255 e. The topological polar surface area (TPSA) is 72.5 Å². The molecule has 2 aromatic carbocycles. The Bertz CT molecular complexity index is 975. The average Bonchev–Trinajstić information content (AvgIpc) is 2.79. The molecule has 156 valence electrons. The van der Waals surface area contributed by atoms with Crippen LogP contribution in [0.5, 0.6) is 11.5 Å². The number of nitrogens with one attached hydrogen (secondary N) is 2. The summed E-state index contributed by atoms with van der Waals surface area (Å²) in [6.07, 6.45) is 3.20. The predicted octanol–water partition coefficient (Wildman–Crippen LogP) is 4.76. The highest BCUT2D eigenvalue weighted by Gasteiger charge is 2.16. The molecule has 0 aliphatic heterocycles. The van der Waals surface area contributed by atoms with Crippen LogP contribution >= 0.6 is 0 Å². The number of carbonyl (C=O) groups excluding carboxylic acids is 1. The van der Waals surface area contributed by atoms with Gasteiger partial charge < -0.3 is 20.1 Å². The van der Waals surface area contributed by atoms with Crippen LogP contribution in [0.15, 0.2) is 67.0 Å². The molecular weight excluding hydrogens is 378 g/mol. The minimum absolute atomic E-state index is 0.0759. The Kier molecular flexibility index (Phi) is 7.03. The van der Waals surface area contributed by atoms with Gasteiger partial charge in [-0.1, -0.05) is 18.2 Å². The van der Waals surface area contributed by atoms with E-state index in [0.29, 0.717) is 5.56 Å². The van der Waals surface area contributed by atoms with Crippen LogP contribution in [0.3, 0.4) is 0 Å². The number of aromatic nitrogens is 1. The zero-order chi connectivity index (χ0) is 21.5. The highest BCUT2D eigenvalue weighted by molar-refractivity contribution is 6.04. The Morgan fingerprint density at radius 1 is 0.900 bits per heavy atom. The van der Waals surface area contributed by atoms with E-state index < -0.39 is 0 Å². The van der Waals surface area contributed by atoms with E-state index in [2.05, 4.69) is 29.5 Å². The van der Waals surface area contributed by atoms with Gasteiger partial charge in [0, 0.05) is 47.4 Å². The van der Waals surface area contributed by atoms with Crippen LogP contribution in [0.1, 0.15) is 47.4 Å². The maximum Gasteiger partial charge on any atom is 0.255 e. The number of hydrogen-bond donors (Lipinski definition) is 2. The Hall–Kier alpha value is -3.38. The largest absolute Gasteiger partial charge is 0.497 e. The molecule has 1 aromatic heterocycles. The van der Waals surface area contributed by atoms with E-state index in [1.54, 1.807) is 38.7 Å². The summed E-state index contributed by atoms with van der Waals surface area (Å²) in [5, 5.41) is 6.50. The normalized spacial score (nSPS) is 12.7. The minimum atomic E-state index is -0.156. The van der Waals surface area contributed by atoms with Gasteiger partial charge in [0.2, 0.25) is 0 Å². The van der Waals surface area contributed by atoms with Crippen molar-refractivity contribution >= 4 is 11.6 Å². The van der Waals surface area contributed by atoms with Crippen molar-refractivity contribution in [2.45, 2.75) is 25.9 Å². The van der Waals surface area contributed by atoms with Crippen LogP contribution in [0.25, 0.3) is 0 Å². The summed E-state index contributed by atoms with van der Waals surface area (Å²) in [5.74, 6) is 1.40. The Morgan fingerprint density at radius 3 is 2.23 bits per heavy atom. The molecule has 6 heteroatoms. The first kappa shape index (κ1) is 21.3. The molecule has 3 aromatic rings. The Labute approximate surface area is 177 Å². The number of methoxy groups -OCH3 is 2. The van der Waals surface area contributed by atoms with Crippen LogP contribution < -0.4 is 20.1 Å². The number of pyridine rings is 1. The van der Waals surface area contributed by atoms with Crippen molar-refractivity contribution in [2.24, 2.45) is 0 Å². The van der Waals surface area contributed by atoms with Crippen LogP contribution in [0.4, 0.5) is 5.69 Å². The summed E-state index contributed by atoms with van der Waals surface area (Å²) in [4.78, 5) is 16.2. The number of ether oxygens (including phenoxy) is 2. The third kappa shape index (κ3) is 5.15. The van der Waals surface area contributed by atoms with Crippen molar-refractivity contribution in [1.82, 2.24) is 10.3 Å². The average molecular weight is 405 g/mol. The van der Waals surface area contributed by atoms with Crippen molar-refractivity contribution < 1.29 is 14.3 Å². The number of rotatable bonds is 8. The van der Waals surface area contributed by atoms with E-state index >= 15 is 0 Å². The zero-order valence-corrected chi connectivity index (χ0v) is 17.7. The highest BCUT2D eigenvalue weighted by Crippen LogP contribution is 2.31. The van der Waals surface area contributed by atoms with Gasteiger partial charge in [-0.15, -0.1) is 0 Å². The number of hydrogen-bond acceptors (Lipinski definition) is 5. The quantitative estimate of drug-likeness (QED) is 0.565. The summed E-state index contributed by atoms with van der Waals surface area (Å²) >= 11 is 0. The lowest BCUT2D eigenvalue weighted by Gasteiger charge is -2.23. The fourth-order valence-corrected chi connectivity index (χ4v) is 3.30. The molecule has 0 fully saturated rings. The maximum atomic E-state index is 12.3. The number of carbonyl (C=O) groups is 1. The first-order chi connectivity index (χ1) is 14.5. The second-order valence-corrected chi connectivity index (χ2v) is 7.03. The van der Waals surface area contributed by atoms with Gasteiger partial charge >= 0.3 is 0 Å². The van der Waals surface area contributed by atoms with Crippen molar-refractivity contribution in [3.63, 3.8) is 0 Å². The van der Waals surface area contributed by atoms with Gasteiger partial charge in [0.05, 0.1) is 14.2 Å². The van der Waals surface area contributed by atoms with Gasteiger partial charge in [-0.2, -0.15) is 0 Å². The summed E-state index contributed by atoms with van der Waals surface area (Å²) < 4.78 is 10.8. The third-order valence-electron chi connectivity index (χ3n) is 5.02. The Balaban J connectivity index is 1.64. The number of anilines is 1. The van der Waals surface area contributed by atoms with Crippen molar-refractivity contribution in [3.05, 3.63) is 83.7 Å². The van der Waals surface area contributed by atoms with E-state index in [1.807, 2.05) is 42.5 Å². The van der Waals surface area contributed by atoms with Crippen molar-refractivity contribution in [2.75, 3.05) is 19.5 Å². The molecule has 0 saturated carbocycles. The standard InChI is InChI=1S/C24H27N3O3/c1-16(26-17(2)22-10-9-21(29-3)15-23(22)30-4)18-5-7-20(8-6-18)27-24(28)19-11-13-25-14-12-19/h5-17,26H,1-4H3,(H,27,28). The van der Waals surface area contributed by atoms with Gasteiger partial charge in [-0.05, 0) is 49.7 Å². The lowest BCUT2D eigenvalue weighted by atomic mass is 10.0. The maximum absolute atomic E-state index is 12.3. The molecule has 2 unspecified atom stereocenters. The summed E-state index contributed by atoms with van der Waals surface area (Å²) in [6, 6.07) is 17.2. The minimum Gasteiger partial charge on any atom is -0.497 e. The second kappa shape index (κ2) is 9.89. The lowest BCUT2D eigenvalue weighted by Crippen LogP contribution is -2.23. The van der Waals surface area contributed by atoms with E-state index in [0.717, 1.165) is 28.3 Å².